The summed E-state index contributed by atoms with van der Waals surface area (Å²) >= 11 is 0. The molecule has 1 saturated carbocycles. The Morgan fingerprint density at radius 2 is 2.05 bits per heavy atom. The van der Waals surface area contributed by atoms with E-state index in [0.29, 0.717) is 6.42 Å². The van der Waals surface area contributed by atoms with E-state index in [-0.39, 0.29) is 18.3 Å². The van der Waals surface area contributed by atoms with Crippen LogP contribution in [-0.4, -0.2) is 12.5 Å². The van der Waals surface area contributed by atoms with Crippen molar-refractivity contribution in [2.75, 3.05) is 11.9 Å². The number of nitrogens with one attached hydrogen (secondary N) is 2. The van der Waals surface area contributed by atoms with Crippen molar-refractivity contribution in [3.05, 3.63) is 29.8 Å². The molecule has 0 saturated heterocycles. The van der Waals surface area contributed by atoms with Gasteiger partial charge in [-0.1, -0.05) is 44.4 Å². The van der Waals surface area contributed by atoms with E-state index in [1.807, 2.05) is 18.2 Å². The Labute approximate surface area is 127 Å². The molecule has 2 rings (SSSR count). The van der Waals surface area contributed by atoms with Gasteiger partial charge in [-0.3, -0.25) is 4.79 Å². The number of amides is 1. The monoisotopic (exact) mass is 296 g/mol. The average molecular weight is 297 g/mol. The Morgan fingerprint density at radius 3 is 2.70 bits per heavy atom. The molecule has 0 aromatic heterocycles. The fraction of sp³-hybridized carbons (Fsp3) is 0.562. The molecule has 0 aliphatic heterocycles. The maximum atomic E-state index is 12.0. The molecule has 1 aromatic carbocycles. The minimum atomic E-state index is 0. The molecule has 112 valence electrons. The molecule has 1 fully saturated rings. The summed E-state index contributed by atoms with van der Waals surface area (Å²) in [6.45, 7) is 3.82. The zero-order chi connectivity index (χ0) is 13.5. The molecule has 0 bridgehead atoms. The fourth-order valence-electron chi connectivity index (χ4n) is 2.39. The van der Waals surface area contributed by atoms with Gasteiger partial charge in [-0.2, -0.15) is 0 Å². The SMILES string of the molecule is CCNCc1ccccc1NC(=O)CCC1CCC1.Cl. The number of para-hydroxylation sites is 1. The van der Waals surface area contributed by atoms with Gasteiger partial charge in [0.05, 0.1) is 0 Å². The first-order valence-corrected chi connectivity index (χ1v) is 7.38. The number of hydrogen-bond acceptors (Lipinski definition) is 2. The van der Waals surface area contributed by atoms with E-state index in [0.717, 1.165) is 36.7 Å². The average Bonchev–Trinajstić information content (AvgIpc) is 2.36. The predicted octanol–water partition coefficient (Wildman–Crippen LogP) is 3.74. The molecule has 2 N–H and O–H groups in total. The summed E-state index contributed by atoms with van der Waals surface area (Å²) in [5.41, 5.74) is 2.10. The second-order valence-corrected chi connectivity index (χ2v) is 5.32. The molecule has 0 heterocycles. The van der Waals surface area contributed by atoms with Crippen LogP contribution in [0.4, 0.5) is 5.69 Å². The molecule has 1 aliphatic carbocycles. The topological polar surface area (TPSA) is 41.1 Å². The van der Waals surface area contributed by atoms with Gasteiger partial charge in [-0.25, -0.2) is 0 Å². The molecule has 0 atom stereocenters. The van der Waals surface area contributed by atoms with E-state index in [2.05, 4.69) is 23.6 Å². The van der Waals surface area contributed by atoms with Gasteiger partial charge < -0.3 is 10.6 Å². The quantitative estimate of drug-likeness (QED) is 0.805. The van der Waals surface area contributed by atoms with Crippen LogP contribution in [0.1, 0.15) is 44.6 Å². The van der Waals surface area contributed by atoms with Crippen molar-refractivity contribution in [2.45, 2.75) is 45.6 Å². The van der Waals surface area contributed by atoms with Gasteiger partial charge in [0.15, 0.2) is 0 Å². The van der Waals surface area contributed by atoms with Gasteiger partial charge in [0.2, 0.25) is 5.91 Å². The zero-order valence-electron chi connectivity index (χ0n) is 12.2. The molecular formula is C16H25ClN2O. The minimum Gasteiger partial charge on any atom is -0.326 e. The highest BCUT2D eigenvalue weighted by molar-refractivity contribution is 5.91. The van der Waals surface area contributed by atoms with Crippen LogP contribution in [0.25, 0.3) is 0 Å². The van der Waals surface area contributed by atoms with Crippen LogP contribution >= 0.6 is 12.4 Å². The van der Waals surface area contributed by atoms with Crippen molar-refractivity contribution >= 4 is 24.0 Å². The molecule has 1 aliphatic rings. The van der Waals surface area contributed by atoms with Crippen LogP contribution in [-0.2, 0) is 11.3 Å². The third kappa shape index (κ3) is 5.14. The van der Waals surface area contributed by atoms with Gasteiger partial charge in [0, 0.05) is 18.7 Å². The highest BCUT2D eigenvalue weighted by Gasteiger charge is 2.18. The third-order valence-corrected chi connectivity index (χ3v) is 3.86. The van der Waals surface area contributed by atoms with Gasteiger partial charge in [0.1, 0.15) is 0 Å². The normalized spacial score (nSPS) is 14.2. The first kappa shape index (κ1) is 17.0. The Kier molecular flexibility index (Phi) is 7.63. The highest BCUT2D eigenvalue weighted by atomic mass is 35.5. The first-order chi connectivity index (χ1) is 9.29. The maximum absolute atomic E-state index is 12.0. The summed E-state index contributed by atoms with van der Waals surface area (Å²) in [4.78, 5) is 12.0. The van der Waals surface area contributed by atoms with Gasteiger partial charge in [-0.15, -0.1) is 12.4 Å². The number of halogens is 1. The highest BCUT2D eigenvalue weighted by Crippen LogP contribution is 2.30. The maximum Gasteiger partial charge on any atom is 0.224 e. The van der Waals surface area contributed by atoms with E-state index >= 15 is 0 Å². The second kappa shape index (κ2) is 8.98. The van der Waals surface area contributed by atoms with E-state index < -0.39 is 0 Å². The minimum absolute atomic E-state index is 0. The van der Waals surface area contributed by atoms with Gasteiger partial charge in [-0.05, 0) is 30.5 Å². The predicted molar refractivity (Wildman–Crippen MR) is 86.3 cm³/mol. The van der Waals surface area contributed by atoms with Crippen molar-refractivity contribution in [2.24, 2.45) is 5.92 Å². The van der Waals surface area contributed by atoms with Crippen LogP contribution in [0.5, 0.6) is 0 Å². The molecule has 3 nitrogen and oxygen atoms in total. The van der Waals surface area contributed by atoms with Crippen LogP contribution in [0, 0.1) is 5.92 Å². The number of hydrogen-bond donors (Lipinski definition) is 2. The zero-order valence-corrected chi connectivity index (χ0v) is 13.0. The molecule has 0 radical (unpaired) electrons. The summed E-state index contributed by atoms with van der Waals surface area (Å²) in [5.74, 6) is 0.943. The third-order valence-electron chi connectivity index (χ3n) is 3.86. The first-order valence-electron chi connectivity index (χ1n) is 7.38. The Bertz CT molecular complexity index is 419. The number of rotatable bonds is 7. The summed E-state index contributed by atoms with van der Waals surface area (Å²) in [7, 11) is 0. The van der Waals surface area contributed by atoms with E-state index in [4.69, 9.17) is 0 Å². The van der Waals surface area contributed by atoms with Gasteiger partial charge >= 0.3 is 0 Å². The molecule has 1 amide bonds. The van der Waals surface area contributed by atoms with E-state index in [1.165, 1.54) is 19.3 Å². The van der Waals surface area contributed by atoms with Gasteiger partial charge in [0.25, 0.3) is 0 Å². The standard InChI is InChI=1S/C16H24N2O.ClH/c1-2-17-12-14-8-3-4-9-15(14)18-16(19)11-10-13-6-5-7-13;/h3-4,8-9,13,17H,2,5-7,10-12H2,1H3,(H,18,19);1H. The van der Waals surface area contributed by atoms with Crippen molar-refractivity contribution in [1.82, 2.24) is 5.32 Å². The lowest BCUT2D eigenvalue weighted by molar-refractivity contribution is -0.116. The lowest BCUT2D eigenvalue weighted by Crippen LogP contribution is -2.19. The molecule has 0 spiro atoms. The van der Waals surface area contributed by atoms with Crippen molar-refractivity contribution in [3.63, 3.8) is 0 Å². The Balaban J connectivity index is 0.00000200. The van der Waals surface area contributed by atoms with Crippen LogP contribution in [0.3, 0.4) is 0 Å². The lowest BCUT2D eigenvalue weighted by Gasteiger charge is -2.24. The summed E-state index contributed by atoms with van der Waals surface area (Å²) in [6, 6.07) is 8.02. The number of carbonyl (C=O) groups is 1. The summed E-state index contributed by atoms with van der Waals surface area (Å²) in [6.07, 6.45) is 5.66. The van der Waals surface area contributed by atoms with E-state index in [9.17, 15) is 4.79 Å². The molecule has 20 heavy (non-hydrogen) atoms. The molecule has 4 heteroatoms. The molecular weight excluding hydrogens is 272 g/mol. The van der Waals surface area contributed by atoms with E-state index in [1.54, 1.807) is 0 Å². The summed E-state index contributed by atoms with van der Waals surface area (Å²) in [5, 5.41) is 6.34. The largest absolute Gasteiger partial charge is 0.326 e. The molecule has 0 unspecified atom stereocenters. The van der Waals surface area contributed by atoms with Crippen LogP contribution in [0.2, 0.25) is 0 Å². The van der Waals surface area contributed by atoms with Crippen LogP contribution < -0.4 is 10.6 Å². The Hall–Kier alpha value is -1.06. The smallest absolute Gasteiger partial charge is 0.224 e. The number of anilines is 1. The number of carbonyl (C=O) groups excluding carboxylic acids is 1. The Morgan fingerprint density at radius 1 is 1.30 bits per heavy atom. The van der Waals surface area contributed by atoms with Crippen molar-refractivity contribution < 1.29 is 4.79 Å². The number of benzene rings is 1. The molecule has 1 aromatic rings. The lowest BCUT2D eigenvalue weighted by atomic mass is 9.82. The van der Waals surface area contributed by atoms with Crippen LogP contribution in [0.15, 0.2) is 24.3 Å². The van der Waals surface area contributed by atoms with Crippen molar-refractivity contribution in [1.29, 1.82) is 0 Å². The second-order valence-electron chi connectivity index (χ2n) is 5.32. The summed E-state index contributed by atoms with van der Waals surface area (Å²) < 4.78 is 0. The fourth-order valence-corrected chi connectivity index (χ4v) is 2.39. The van der Waals surface area contributed by atoms with Crippen molar-refractivity contribution in [3.8, 4) is 0 Å².